The second kappa shape index (κ2) is 5.19. The molecule has 2 aromatic rings. The number of rotatable bonds is 2. The average molecular weight is 261 g/mol. The molecule has 0 saturated carbocycles. The molecule has 0 spiro atoms. The van der Waals surface area contributed by atoms with Crippen LogP contribution in [0.15, 0.2) is 36.5 Å². The van der Waals surface area contributed by atoms with Gasteiger partial charge >= 0.3 is 0 Å². The highest BCUT2D eigenvalue weighted by Crippen LogP contribution is 2.21. The van der Waals surface area contributed by atoms with E-state index in [0.29, 0.717) is 16.3 Å². The number of nitrogens with zero attached hydrogens (tertiary/aromatic N) is 1. The van der Waals surface area contributed by atoms with Crippen LogP contribution in [0.1, 0.15) is 21.5 Å². The van der Waals surface area contributed by atoms with Crippen molar-refractivity contribution < 1.29 is 4.79 Å². The van der Waals surface area contributed by atoms with Crippen LogP contribution in [-0.4, -0.2) is 10.9 Å². The summed E-state index contributed by atoms with van der Waals surface area (Å²) in [6.45, 7) is 3.64. The van der Waals surface area contributed by atoms with Gasteiger partial charge in [-0.15, -0.1) is 0 Å². The Kier molecular flexibility index (Phi) is 3.63. The number of hydrogen-bond acceptors (Lipinski definition) is 2. The number of amides is 1. The smallest absolute Gasteiger partial charge is 0.256 e. The molecule has 0 aliphatic heterocycles. The first-order chi connectivity index (χ1) is 8.59. The van der Waals surface area contributed by atoms with E-state index in [2.05, 4.69) is 10.3 Å². The summed E-state index contributed by atoms with van der Waals surface area (Å²) in [5.41, 5.74) is 2.85. The minimum Gasteiger partial charge on any atom is -0.322 e. The van der Waals surface area contributed by atoms with Crippen LogP contribution in [0.2, 0.25) is 5.15 Å². The zero-order chi connectivity index (χ0) is 13.1. The maximum atomic E-state index is 12.2. The predicted molar refractivity (Wildman–Crippen MR) is 73.1 cm³/mol. The van der Waals surface area contributed by atoms with Crippen molar-refractivity contribution in [1.82, 2.24) is 4.98 Å². The van der Waals surface area contributed by atoms with Crippen LogP contribution < -0.4 is 5.32 Å². The molecule has 0 aliphatic rings. The number of halogens is 1. The number of aromatic nitrogens is 1. The molecular formula is C14H13ClN2O. The van der Waals surface area contributed by atoms with Gasteiger partial charge in [-0.1, -0.05) is 29.8 Å². The molecule has 0 fully saturated rings. The Morgan fingerprint density at radius 2 is 1.89 bits per heavy atom. The van der Waals surface area contributed by atoms with E-state index in [1.807, 2.05) is 37.3 Å². The quantitative estimate of drug-likeness (QED) is 0.839. The van der Waals surface area contributed by atoms with Crippen molar-refractivity contribution in [1.29, 1.82) is 0 Å². The molecule has 0 unspecified atom stereocenters. The van der Waals surface area contributed by atoms with Crippen molar-refractivity contribution in [2.75, 3.05) is 5.32 Å². The molecule has 2 rings (SSSR count). The Hall–Kier alpha value is -1.87. The molecular weight excluding hydrogens is 248 g/mol. The summed E-state index contributed by atoms with van der Waals surface area (Å²) < 4.78 is 0. The highest BCUT2D eigenvalue weighted by atomic mass is 35.5. The lowest BCUT2D eigenvalue weighted by molar-refractivity contribution is 0.102. The Morgan fingerprint density at radius 3 is 2.56 bits per heavy atom. The molecule has 1 N–H and O–H groups in total. The third kappa shape index (κ3) is 2.51. The number of aryl methyl sites for hydroxylation is 1. The predicted octanol–water partition coefficient (Wildman–Crippen LogP) is 3.60. The van der Waals surface area contributed by atoms with Crippen LogP contribution in [0.4, 0.5) is 5.69 Å². The van der Waals surface area contributed by atoms with Gasteiger partial charge in [-0.05, 0) is 37.1 Å². The molecule has 0 aliphatic carbocycles. The van der Waals surface area contributed by atoms with E-state index in [1.54, 1.807) is 13.1 Å². The van der Waals surface area contributed by atoms with Crippen LogP contribution in [-0.2, 0) is 0 Å². The van der Waals surface area contributed by atoms with Gasteiger partial charge in [0.1, 0.15) is 5.15 Å². The fraction of sp³-hybridized carbons (Fsp3) is 0.143. The van der Waals surface area contributed by atoms with Crippen molar-refractivity contribution in [2.45, 2.75) is 13.8 Å². The molecule has 0 atom stereocenters. The Bertz CT molecular complexity index is 582. The third-order valence-corrected chi connectivity index (χ3v) is 3.09. The summed E-state index contributed by atoms with van der Waals surface area (Å²) in [5, 5.41) is 3.20. The molecule has 1 amide bonds. The van der Waals surface area contributed by atoms with E-state index in [-0.39, 0.29) is 5.91 Å². The first-order valence-electron chi connectivity index (χ1n) is 5.57. The number of benzene rings is 1. The number of nitrogens with one attached hydrogen (secondary N) is 1. The van der Waals surface area contributed by atoms with E-state index in [4.69, 9.17) is 11.6 Å². The van der Waals surface area contributed by atoms with Gasteiger partial charge in [-0.3, -0.25) is 4.79 Å². The van der Waals surface area contributed by atoms with Gasteiger partial charge in [0.15, 0.2) is 0 Å². The second-order valence-electron chi connectivity index (χ2n) is 4.05. The second-order valence-corrected chi connectivity index (χ2v) is 4.41. The Morgan fingerprint density at radius 1 is 1.22 bits per heavy atom. The molecule has 4 heteroatoms. The molecule has 0 saturated heterocycles. The van der Waals surface area contributed by atoms with Gasteiger partial charge in [0, 0.05) is 11.9 Å². The molecule has 0 radical (unpaired) electrons. The third-order valence-electron chi connectivity index (χ3n) is 2.71. The lowest BCUT2D eigenvalue weighted by Gasteiger charge is -2.11. The summed E-state index contributed by atoms with van der Waals surface area (Å²) in [4.78, 5) is 16.2. The molecule has 1 aromatic heterocycles. The maximum absolute atomic E-state index is 12.2. The summed E-state index contributed by atoms with van der Waals surface area (Å²) >= 11 is 5.94. The van der Waals surface area contributed by atoms with Crippen LogP contribution >= 0.6 is 11.6 Å². The zero-order valence-corrected chi connectivity index (χ0v) is 11.0. The van der Waals surface area contributed by atoms with Crippen molar-refractivity contribution >= 4 is 23.2 Å². The van der Waals surface area contributed by atoms with Crippen molar-refractivity contribution in [3.63, 3.8) is 0 Å². The fourth-order valence-corrected chi connectivity index (χ4v) is 1.92. The largest absolute Gasteiger partial charge is 0.322 e. The SMILES string of the molecule is Cc1cnc(Cl)c(C)c1C(=O)Nc1ccccc1. The van der Waals surface area contributed by atoms with Crippen molar-refractivity contribution in [3.05, 3.63) is 58.4 Å². The maximum Gasteiger partial charge on any atom is 0.256 e. The van der Waals surface area contributed by atoms with E-state index in [0.717, 1.165) is 11.3 Å². The van der Waals surface area contributed by atoms with Crippen LogP contribution in [0, 0.1) is 13.8 Å². The minimum atomic E-state index is -0.166. The van der Waals surface area contributed by atoms with Crippen molar-refractivity contribution in [2.24, 2.45) is 0 Å². The molecule has 1 heterocycles. The first kappa shape index (κ1) is 12.6. The lowest BCUT2D eigenvalue weighted by Crippen LogP contribution is -2.15. The summed E-state index contributed by atoms with van der Waals surface area (Å²) in [6, 6.07) is 9.32. The van der Waals surface area contributed by atoms with E-state index >= 15 is 0 Å². The number of hydrogen-bond donors (Lipinski definition) is 1. The summed E-state index contributed by atoms with van der Waals surface area (Å²) in [5.74, 6) is -0.166. The zero-order valence-electron chi connectivity index (χ0n) is 10.2. The fourth-order valence-electron chi connectivity index (χ4n) is 1.78. The molecule has 3 nitrogen and oxygen atoms in total. The number of anilines is 1. The Balaban J connectivity index is 2.33. The van der Waals surface area contributed by atoms with Gasteiger partial charge in [0.25, 0.3) is 5.91 Å². The van der Waals surface area contributed by atoms with Gasteiger partial charge in [0.2, 0.25) is 0 Å². The first-order valence-corrected chi connectivity index (χ1v) is 5.95. The summed E-state index contributed by atoms with van der Waals surface area (Å²) in [7, 11) is 0. The standard InChI is InChI=1S/C14H13ClN2O/c1-9-8-16-13(15)10(2)12(9)14(18)17-11-6-4-3-5-7-11/h3-8H,1-2H3,(H,17,18). The number of carbonyl (C=O) groups excluding carboxylic acids is 1. The minimum absolute atomic E-state index is 0.166. The van der Waals surface area contributed by atoms with E-state index < -0.39 is 0 Å². The van der Waals surface area contributed by atoms with E-state index in [9.17, 15) is 4.79 Å². The van der Waals surface area contributed by atoms with E-state index in [1.165, 1.54) is 0 Å². The number of pyridine rings is 1. The number of para-hydroxylation sites is 1. The molecule has 18 heavy (non-hydrogen) atoms. The molecule has 0 bridgehead atoms. The average Bonchev–Trinajstić information content (AvgIpc) is 2.36. The van der Waals surface area contributed by atoms with Gasteiger partial charge < -0.3 is 5.32 Å². The van der Waals surface area contributed by atoms with Gasteiger partial charge in [-0.25, -0.2) is 4.98 Å². The Labute approximate surface area is 111 Å². The highest BCUT2D eigenvalue weighted by Gasteiger charge is 2.15. The summed E-state index contributed by atoms with van der Waals surface area (Å²) in [6.07, 6.45) is 1.61. The number of carbonyl (C=O) groups is 1. The van der Waals surface area contributed by atoms with Gasteiger partial charge in [0.05, 0.1) is 5.56 Å². The molecule has 92 valence electrons. The van der Waals surface area contributed by atoms with Crippen LogP contribution in [0.25, 0.3) is 0 Å². The lowest BCUT2D eigenvalue weighted by atomic mass is 10.1. The highest BCUT2D eigenvalue weighted by molar-refractivity contribution is 6.30. The van der Waals surface area contributed by atoms with Crippen molar-refractivity contribution in [3.8, 4) is 0 Å². The van der Waals surface area contributed by atoms with Gasteiger partial charge in [-0.2, -0.15) is 0 Å². The molecule has 1 aromatic carbocycles. The topological polar surface area (TPSA) is 42.0 Å². The monoisotopic (exact) mass is 260 g/mol. The normalized spacial score (nSPS) is 10.2. The van der Waals surface area contributed by atoms with Crippen LogP contribution in [0.3, 0.4) is 0 Å². The van der Waals surface area contributed by atoms with Crippen LogP contribution in [0.5, 0.6) is 0 Å².